The first-order valence-corrected chi connectivity index (χ1v) is 6.68. The Labute approximate surface area is 111 Å². The van der Waals surface area contributed by atoms with Crippen molar-refractivity contribution in [3.63, 3.8) is 0 Å². The first-order valence-electron chi connectivity index (χ1n) is 6.68. The van der Waals surface area contributed by atoms with Gasteiger partial charge in [-0.25, -0.2) is 4.79 Å². The summed E-state index contributed by atoms with van der Waals surface area (Å²) in [5.41, 5.74) is 6.12. The van der Waals surface area contributed by atoms with E-state index in [1.165, 1.54) is 11.3 Å². The summed E-state index contributed by atoms with van der Waals surface area (Å²) in [5.74, 6) is -0.377. The molecule has 1 fully saturated rings. The van der Waals surface area contributed by atoms with Crippen molar-refractivity contribution in [2.75, 3.05) is 31.1 Å². The average molecular weight is 261 g/mol. The molecule has 0 spiro atoms. The van der Waals surface area contributed by atoms with Crippen LogP contribution in [0.3, 0.4) is 0 Å². The lowest BCUT2D eigenvalue weighted by Crippen LogP contribution is -2.44. The molecule has 1 aliphatic heterocycles. The van der Waals surface area contributed by atoms with Crippen LogP contribution in [0.15, 0.2) is 9.21 Å². The van der Waals surface area contributed by atoms with E-state index in [1.54, 1.807) is 0 Å². The van der Waals surface area contributed by atoms with Gasteiger partial charge in [-0.15, -0.1) is 0 Å². The highest BCUT2D eigenvalue weighted by Gasteiger charge is 2.21. The molecule has 1 aromatic carbocycles. The number of aromatic nitrogens is 1. The molecule has 102 valence electrons. The lowest BCUT2D eigenvalue weighted by Gasteiger charge is -2.32. The smallest absolute Gasteiger partial charge is 0.407 e. The Balaban J connectivity index is 2.25. The van der Waals surface area contributed by atoms with Crippen LogP contribution in [0.2, 0.25) is 0 Å². The zero-order valence-electron chi connectivity index (χ0n) is 11.6. The quantitative estimate of drug-likeness (QED) is 0.816. The Morgan fingerprint density at radius 3 is 2.42 bits per heavy atom. The maximum absolute atomic E-state index is 11.4. The Hall–Kier alpha value is -1.75. The van der Waals surface area contributed by atoms with Crippen LogP contribution in [0, 0.1) is 20.8 Å². The van der Waals surface area contributed by atoms with E-state index in [0.717, 1.165) is 42.8 Å². The number of oxazole rings is 1. The zero-order valence-corrected chi connectivity index (χ0v) is 11.6. The van der Waals surface area contributed by atoms with Crippen molar-refractivity contribution in [2.45, 2.75) is 20.8 Å². The number of nitrogens with one attached hydrogen (secondary N) is 2. The Morgan fingerprint density at radius 1 is 1.05 bits per heavy atom. The van der Waals surface area contributed by atoms with Crippen molar-refractivity contribution in [2.24, 2.45) is 0 Å². The molecular weight excluding hydrogens is 242 g/mol. The summed E-state index contributed by atoms with van der Waals surface area (Å²) < 4.78 is 5.31. The van der Waals surface area contributed by atoms with Crippen LogP contribution in [0.4, 0.5) is 5.69 Å². The number of anilines is 1. The summed E-state index contributed by atoms with van der Waals surface area (Å²) in [6.45, 7) is 10.1. The van der Waals surface area contributed by atoms with Gasteiger partial charge in [0.25, 0.3) is 0 Å². The minimum Gasteiger partial charge on any atom is -0.407 e. The van der Waals surface area contributed by atoms with Crippen molar-refractivity contribution in [1.82, 2.24) is 10.3 Å². The van der Waals surface area contributed by atoms with E-state index in [9.17, 15) is 4.79 Å². The fourth-order valence-corrected chi connectivity index (χ4v) is 2.97. The topological polar surface area (TPSA) is 61.3 Å². The summed E-state index contributed by atoms with van der Waals surface area (Å²) in [5, 5.41) is 3.36. The number of nitrogens with zero attached hydrogens (tertiary/aromatic N) is 1. The molecule has 2 aromatic rings. The van der Waals surface area contributed by atoms with E-state index in [-0.39, 0.29) is 5.76 Å². The van der Waals surface area contributed by atoms with E-state index < -0.39 is 0 Å². The molecule has 1 aliphatic rings. The predicted octanol–water partition coefficient (Wildman–Crippen LogP) is 1.46. The van der Waals surface area contributed by atoms with Gasteiger partial charge in [-0.1, -0.05) is 0 Å². The molecule has 2 N–H and O–H groups in total. The van der Waals surface area contributed by atoms with E-state index in [4.69, 9.17) is 4.42 Å². The van der Waals surface area contributed by atoms with Gasteiger partial charge >= 0.3 is 5.76 Å². The molecule has 3 rings (SSSR count). The van der Waals surface area contributed by atoms with Crippen LogP contribution in [-0.4, -0.2) is 31.2 Å². The summed E-state index contributed by atoms with van der Waals surface area (Å²) >= 11 is 0. The van der Waals surface area contributed by atoms with Crippen LogP contribution in [0.25, 0.3) is 11.1 Å². The van der Waals surface area contributed by atoms with Gasteiger partial charge in [0.05, 0.1) is 5.52 Å². The molecule has 19 heavy (non-hydrogen) atoms. The minimum atomic E-state index is -0.377. The zero-order chi connectivity index (χ0) is 13.6. The standard InChI is InChI=1S/C14H19N3O2/c1-8-9(2)12(17-6-4-15-5-7-17)10(3)13-11(8)16-14(18)19-13/h15H,4-7H2,1-3H3,(H,16,18). The minimum absolute atomic E-state index is 0.377. The number of hydrogen-bond donors (Lipinski definition) is 2. The Morgan fingerprint density at radius 2 is 1.74 bits per heavy atom. The summed E-state index contributed by atoms with van der Waals surface area (Å²) in [6, 6.07) is 0. The van der Waals surface area contributed by atoms with Crippen molar-refractivity contribution in [1.29, 1.82) is 0 Å². The molecule has 0 saturated carbocycles. The largest absolute Gasteiger partial charge is 0.417 e. The third-order valence-electron chi connectivity index (χ3n) is 4.07. The second-order valence-corrected chi connectivity index (χ2v) is 5.18. The number of aromatic amines is 1. The fraction of sp³-hybridized carbons (Fsp3) is 0.500. The number of H-pyrrole nitrogens is 1. The molecule has 1 saturated heterocycles. The molecule has 0 unspecified atom stereocenters. The molecule has 0 radical (unpaired) electrons. The highest BCUT2D eigenvalue weighted by atomic mass is 16.4. The molecule has 2 heterocycles. The number of hydrogen-bond acceptors (Lipinski definition) is 4. The van der Waals surface area contributed by atoms with Crippen LogP contribution >= 0.6 is 0 Å². The fourth-order valence-electron chi connectivity index (χ4n) is 2.97. The highest BCUT2D eigenvalue weighted by Crippen LogP contribution is 2.34. The van der Waals surface area contributed by atoms with Gasteiger partial charge in [0.15, 0.2) is 5.58 Å². The molecular formula is C14H19N3O2. The summed E-state index contributed by atoms with van der Waals surface area (Å²) in [6.07, 6.45) is 0. The van der Waals surface area contributed by atoms with Crippen molar-refractivity contribution >= 4 is 16.8 Å². The SMILES string of the molecule is Cc1c(N2CCNCC2)c(C)c2oc(=O)[nH]c2c1C. The first kappa shape index (κ1) is 12.3. The Kier molecular flexibility index (Phi) is 2.86. The monoisotopic (exact) mass is 261 g/mol. The van der Waals surface area contributed by atoms with E-state index in [2.05, 4.69) is 22.1 Å². The predicted molar refractivity (Wildman–Crippen MR) is 76.1 cm³/mol. The van der Waals surface area contributed by atoms with Crippen LogP contribution in [0.5, 0.6) is 0 Å². The van der Waals surface area contributed by atoms with Crippen molar-refractivity contribution in [3.8, 4) is 0 Å². The van der Waals surface area contributed by atoms with E-state index >= 15 is 0 Å². The third kappa shape index (κ3) is 1.85. The molecule has 1 aromatic heterocycles. The first-order chi connectivity index (χ1) is 9.09. The number of benzene rings is 1. The number of piperazine rings is 1. The second-order valence-electron chi connectivity index (χ2n) is 5.18. The molecule has 0 atom stereocenters. The number of aryl methyl sites for hydroxylation is 2. The van der Waals surface area contributed by atoms with E-state index in [1.807, 2.05) is 13.8 Å². The van der Waals surface area contributed by atoms with Crippen LogP contribution in [0.1, 0.15) is 16.7 Å². The van der Waals surface area contributed by atoms with Gasteiger partial charge in [-0.05, 0) is 31.9 Å². The molecule has 0 amide bonds. The third-order valence-corrected chi connectivity index (χ3v) is 4.07. The molecule has 0 aliphatic carbocycles. The van der Waals surface area contributed by atoms with Gasteiger partial charge < -0.3 is 14.6 Å². The van der Waals surface area contributed by atoms with Gasteiger partial charge in [0, 0.05) is 37.4 Å². The summed E-state index contributed by atoms with van der Waals surface area (Å²) in [4.78, 5) is 16.6. The number of fused-ring (bicyclic) bond motifs is 1. The average Bonchev–Trinajstić information content (AvgIpc) is 2.80. The van der Waals surface area contributed by atoms with Gasteiger partial charge in [-0.2, -0.15) is 0 Å². The normalized spacial score (nSPS) is 16.3. The Bertz CT molecular complexity index is 678. The van der Waals surface area contributed by atoms with Crippen molar-refractivity contribution < 1.29 is 4.42 Å². The maximum atomic E-state index is 11.4. The second kappa shape index (κ2) is 4.42. The highest BCUT2D eigenvalue weighted by molar-refractivity contribution is 5.87. The van der Waals surface area contributed by atoms with Gasteiger partial charge in [-0.3, -0.25) is 4.98 Å². The van der Waals surface area contributed by atoms with Crippen LogP contribution < -0.4 is 16.0 Å². The van der Waals surface area contributed by atoms with Gasteiger partial charge in [0.2, 0.25) is 0 Å². The van der Waals surface area contributed by atoms with Crippen molar-refractivity contribution in [3.05, 3.63) is 27.2 Å². The molecule has 5 heteroatoms. The molecule has 5 nitrogen and oxygen atoms in total. The van der Waals surface area contributed by atoms with Gasteiger partial charge in [0.1, 0.15) is 0 Å². The lowest BCUT2D eigenvalue weighted by molar-refractivity contribution is 0.552. The summed E-state index contributed by atoms with van der Waals surface area (Å²) in [7, 11) is 0. The lowest BCUT2D eigenvalue weighted by atomic mass is 10.00. The van der Waals surface area contributed by atoms with E-state index in [0.29, 0.717) is 5.58 Å². The maximum Gasteiger partial charge on any atom is 0.417 e. The van der Waals surface area contributed by atoms with Crippen LogP contribution in [-0.2, 0) is 0 Å². The number of rotatable bonds is 1. The molecule has 0 bridgehead atoms.